The zero-order valence-corrected chi connectivity index (χ0v) is 19.6. The standard InChI is InChI=1S/C24H48O7/c1-2-3-4-5-6-7-8-9-10-11-12-13-14-15-16-17-22(28)31-19-21(27)24(30)23(29)20(26)18-25/h20-21,23-27,29-30H,2-19H2,1H3. The molecule has 0 aliphatic rings. The number of hydrogen-bond donors (Lipinski definition) is 5. The quantitative estimate of drug-likeness (QED) is 0.127. The average Bonchev–Trinajstić information content (AvgIpc) is 2.78. The van der Waals surface area contributed by atoms with Gasteiger partial charge < -0.3 is 30.3 Å². The molecule has 0 saturated heterocycles. The lowest BCUT2D eigenvalue weighted by Gasteiger charge is -2.25. The minimum Gasteiger partial charge on any atom is -0.463 e. The molecule has 0 amide bonds. The molecule has 7 nitrogen and oxygen atoms in total. The highest BCUT2D eigenvalue weighted by atomic mass is 16.5. The summed E-state index contributed by atoms with van der Waals surface area (Å²) >= 11 is 0. The summed E-state index contributed by atoms with van der Waals surface area (Å²) in [4.78, 5) is 11.7. The molecule has 0 aromatic rings. The van der Waals surface area contributed by atoms with Crippen molar-refractivity contribution in [3.05, 3.63) is 0 Å². The van der Waals surface area contributed by atoms with Gasteiger partial charge in [0.1, 0.15) is 31.0 Å². The Morgan fingerprint density at radius 3 is 1.45 bits per heavy atom. The van der Waals surface area contributed by atoms with Gasteiger partial charge in [0.05, 0.1) is 6.61 Å². The molecular formula is C24H48O7. The predicted molar refractivity (Wildman–Crippen MR) is 122 cm³/mol. The van der Waals surface area contributed by atoms with Crippen LogP contribution in [0.5, 0.6) is 0 Å². The smallest absolute Gasteiger partial charge is 0.305 e. The Balaban J connectivity index is 3.46. The summed E-state index contributed by atoms with van der Waals surface area (Å²) in [6, 6.07) is 0. The Labute approximate surface area is 188 Å². The second kappa shape index (κ2) is 21.1. The Morgan fingerprint density at radius 2 is 1.03 bits per heavy atom. The average molecular weight is 449 g/mol. The number of rotatable bonds is 22. The van der Waals surface area contributed by atoms with Gasteiger partial charge in [0.15, 0.2) is 0 Å². The van der Waals surface area contributed by atoms with E-state index >= 15 is 0 Å². The summed E-state index contributed by atoms with van der Waals surface area (Å²) in [5.74, 6) is -0.460. The molecule has 4 atom stereocenters. The van der Waals surface area contributed by atoms with Gasteiger partial charge in [-0.2, -0.15) is 0 Å². The van der Waals surface area contributed by atoms with Crippen molar-refractivity contribution in [3.63, 3.8) is 0 Å². The Hall–Kier alpha value is -0.730. The number of aliphatic hydroxyl groups is 5. The van der Waals surface area contributed by atoms with E-state index in [4.69, 9.17) is 9.84 Å². The molecule has 5 N–H and O–H groups in total. The van der Waals surface area contributed by atoms with Crippen molar-refractivity contribution < 1.29 is 35.1 Å². The van der Waals surface area contributed by atoms with Crippen LogP contribution in [0.15, 0.2) is 0 Å². The van der Waals surface area contributed by atoms with Crippen LogP contribution in [-0.4, -0.2) is 69.1 Å². The first-order valence-corrected chi connectivity index (χ1v) is 12.4. The van der Waals surface area contributed by atoms with Crippen LogP contribution in [0.4, 0.5) is 0 Å². The van der Waals surface area contributed by atoms with Gasteiger partial charge in [-0.05, 0) is 6.42 Å². The molecule has 0 fully saturated rings. The first kappa shape index (κ1) is 30.3. The summed E-state index contributed by atoms with van der Waals surface area (Å²) < 4.78 is 4.90. The first-order valence-electron chi connectivity index (χ1n) is 12.4. The minimum atomic E-state index is -1.71. The van der Waals surface area contributed by atoms with Gasteiger partial charge in [0, 0.05) is 6.42 Å². The number of unbranched alkanes of at least 4 members (excludes halogenated alkanes) is 14. The fourth-order valence-electron chi connectivity index (χ4n) is 3.55. The van der Waals surface area contributed by atoms with E-state index in [-0.39, 0.29) is 6.42 Å². The van der Waals surface area contributed by atoms with Crippen LogP contribution in [-0.2, 0) is 9.53 Å². The highest BCUT2D eigenvalue weighted by Gasteiger charge is 2.30. The number of aliphatic hydroxyl groups excluding tert-OH is 5. The summed E-state index contributed by atoms with van der Waals surface area (Å²) in [5, 5.41) is 46.8. The number of esters is 1. The number of carbonyl (C=O) groups excluding carboxylic acids is 1. The van der Waals surface area contributed by atoms with Gasteiger partial charge >= 0.3 is 5.97 Å². The third-order valence-electron chi connectivity index (χ3n) is 5.72. The van der Waals surface area contributed by atoms with Gasteiger partial charge in [-0.15, -0.1) is 0 Å². The molecule has 4 unspecified atom stereocenters. The molecule has 0 heterocycles. The van der Waals surface area contributed by atoms with Crippen molar-refractivity contribution in [2.75, 3.05) is 13.2 Å². The van der Waals surface area contributed by atoms with E-state index in [0.717, 1.165) is 19.3 Å². The number of hydrogen-bond acceptors (Lipinski definition) is 7. The molecule has 0 aromatic carbocycles. The summed E-state index contributed by atoms with van der Waals surface area (Å²) in [5.41, 5.74) is 0. The molecule has 0 saturated carbocycles. The molecule has 0 spiro atoms. The van der Waals surface area contributed by atoms with Crippen LogP contribution in [0, 0.1) is 0 Å². The maximum atomic E-state index is 11.7. The summed E-state index contributed by atoms with van der Waals surface area (Å²) in [7, 11) is 0. The van der Waals surface area contributed by atoms with Gasteiger partial charge in [0.25, 0.3) is 0 Å². The monoisotopic (exact) mass is 448 g/mol. The molecule has 0 rings (SSSR count). The van der Waals surface area contributed by atoms with Crippen molar-refractivity contribution in [1.29, 1.82) is 0 Å². The molecule has 7 heteroatoms. The summed E-state index contributed by atoms with van der Waals surface area (Å²) in [6.45, 7) is 1.04. The highest BCUT2D eigenvalue weighted by Crippen LogP contribution is 2.14. The molecule has 0 bridgehead atoms. The van der Waals surface area contributed by atoms with E-state index in [1.807, 2.05) is 0 Å². The molecule has 0 radical (unpaired) electrons. The fraction of sp³-hybridized carbons (Fsp3) is 0.958. The van der Waals surface area contributed by atoms with Gasteiger partial charge in [0.2, 0.25) is 0 Å². The van der Waals surface area contributed by atoms with E-state index in [1.165, 1.54) is 77.0 Å². The zero-order valence-electron chi connectivity index (χ0n) is 19.6. The van der Waals surface area contributed by atoms with Gasteiger partial charge in [-0.1, -0.05) is 96.8 Å². The maximum Gasteiger partial charge on any atom is 0.305 e. The fourth-order valence-corrected chi connectivity index (χ4v) is 3.55. The van der Waals surface area contributed by atoms with E-state index in [9.17, 15) is 25.2 Å². The zero-order chi connectivity index (χ0) is 23.3. The van der Waals surface area contributed by atoms with Crippen molar-refractivity contribution >= 4 is 5.97 Å². The topological polar surface area (TPSA) is 127 Å². The van der Waals surface area contributed by atoms with Crippen molar-refractivity contribution in [2.24, 2.45) is 0 Å². The van der Waals surface area contributed by atoms with Crippen LogP contribution in [0.3, 0.4) is 0 Å². The highest BCUT2D eigenvalue weighted by molar-refractivity contribution is 5.69. The van der Waals surface area contributed by atoms with Crippen LogP contribution < -0.4 is 0 Å². The molecule has 31 heavy (non-hydrogen) atoms. The molecule has 0 aliphatic carbocycles. The third kappa shape index (κ3) is 17.5. The predicted octanol–water partition coefficient (Wildman–Crippen LogP) is 3.23. The normalized spacial score (nSPS) is 15.4. The molecule has 0 aromatic heterocycles. The maximum absolute atomic E-state index is 11.7. The van der Waals surface area contributed by atoms with E-state index in [1.54, 1.807) is 0 Å². The Bertz CT molecular complexity index is 405. The SMILES string of the molecule is CCCCCCCCCCCCCCCCCC(=O)OCC(O)C(O)C(O)C(O)CO. The molecule has 186 valence electrons. The van der Waals surface area contributed by atoms with Gasteiger partial charge in [-0.25, -0.2) is 0 Å². The number of ether oxygens (including phenoxy) is 1. The van der Waals surface area contributed by atoms with Crippen molar-refractivity contribution in [3.8, 4) is 0 Å². The third-order valence-corrected chi connectivity index (χ3v) is 5.72. The van der Waals surface area contributed by atoms with Crippen LogP contribution >= 0.6 is 0 Å². The lowest BCUT2D eigenvalue weighted by Crippen LogP contribution is -2.47. The summed E-state index contributed by atoms with van der Waals surface area (Å²) in [6.07, 6.45) is 12.5. The number of carbonyl (C=O) groups is 1. The van der Waals surface area contributed by atoms with Crippen molar-refractivity contribution in [2.45, 2.75) is 134 Å². The molecular weight excluding hydrogens is 400 g/mol. The lowest BCUT2D eigenvalue weighted by molar-refractivity contribution is -0.156. The van der Waals surface area contributed by atoms with E-state index in [2.05, 4.69) is 6.92 Å². The second-order valence-corrected chi connectivity index (χ2v) is 8.68. The van der Waals surface area contributed by atoms with E-state index in [0.29, 0.717) is 0 Å². The van der Waals surface area contributed by atoms with Crippen LogP contribution in [0.1, 0.15) is 110 Å². The molecule has 0 aliphatic heterocycles. The first-order chi connectivity index (χ1) is 14.9. The Morgan fingerprint density at radius 1 is 0.645 bits per heavy atom. The van der Waals surface area contributed by atoms with Gasteiger partial charge in [-0.3, -0.25) is 4.79 Å². The lowest BCUT2D eigenvalue weighted by atomic mass is 10.0. The second-order valence-electron chi connectivity index (χ2n) is 8.68. The van der Waals surface area contributed by atoms with Crippen LogP contribution in [0.2, 0.25) is 0 Å². The largest absolute Gasteiger partial charge is 0.463 e. The van der Waals surface area contributed by atoms with Crippen LogP contribution in [0.25, 0.3) is 0 Å². The Kier molecular flexibility index (Phi) is 20.6. The van der Waals surface area contributed by atoms with E-state index < -0.39 is 43.6 Å². The van der Waals surface area contributed by atoms with Crippen molar-refractivity contribution in [1.82, 2.24) is 0 Å². The minimum absolute atomic E-state index is 0.253.